The van der Waals surface area contributed by atoms with Gasteiger partial charge in [-0.25, -0.2) is 4.79 Å². The monoisotopic (exact) mass is 243 g/mol. The first-order valence-electron chi connectivity index (χ1n) is 4.88. The molecule has 1 amide bonds. The Kier molecular flexibility index (Phi) is 8.34. The standard InChI is InChI=1S/C11H17NO3S/c1-4-10(13)12-5-7-16-8-6-15-11(14)9(2)3/h4H,1-2,5-8H2,3H3,(H,12,13). The summed E-state index contributed by atoms with van der Waals surface area (Å²) in [6.07, 6.45) is 1.24. The number of ether oxygens (including phenoxy) is 1. The molecule has 0 saturated carbocycles. The van der Waals surface area contributed by atoms with Crippen LogP contribution in [-0.2, 0) is 14.3 Å². The molecule has 4 nitrogen and oxygen atoms in total. The molecule has 0 radical (unpaired) electrons. The highest BCUT2D eigenvalue weighted by Crippen LogP contribution is 1.99. The highest BCUT2D eigenvalue weighted by Gasteiger charge is 2.01. The molecule has 0 aliphatic rings. The molecule has 16 heavy (non-hydrogen) atoms. The van der Waals surface area contributed by atoms with E-state index >= 15 is 0 Å². The fourth-order valence-corrected chi connectivity index (χ4v) is 1.39. The Morgan fingerprint density at radius 2 is 2.12 bits per heavy atom. The third-order valence-electron chi connectivity index (χ3n) is 1.54. The van der Waals surface area contributed by atoms with E-state index in [2.05, 4.69) is 18.5 Å². The Bertz CT molecular complexity index is 276. The molecule has 0 saturated heterocycles. The zero-order chi connectivity index (χ0) is 12.4. The molecule has 0 atom stereocenters. The molecule has 1 N–H and O–H groups in total. The Balaban J connectivity index is 3.28. The van der Waals surface area contributed by atoms with Gasteiger partial charge in [0.15, 0.2) is 0 Å². The number of carbonyl (C=O) groups is 2. The number of rotatable bonds is 8. The summed E-state index contributed by atoms with van der Waals surface area (Å²) in [6, 6.07) is 0. The summed E-state index contributed by atoms with van der Waals surface area (Å²) in [4.78, 5) is 21.7. The van der Waals surface area contributed by atoms with Crippen LogP contribution < -0.4 is 5.32 Å². The predicted molar refractivity (Wildman–Crippen MR) is 66.3 cm³/mol. The zero-order valence-corrected chi connectivity index (χ0v) is 10.3. The van der Waals surface area contributed by atoms with Crippen LogP contribution in [0.1, 0.15) is 6.92 Å². The minimum atomic E-state index is -0.361. The van der Waals surface area contributed by atoms with Crippen molar-refractivity contribution in [3.05, 3.63) is 24.8 Å². The van der Waals surface area contributed by atoms with Crippen LogP contribution in [0, 0.1) is 0 Å². The van der Waals surface area contributed by atoms with Crippen LogP contribution in [0.25, 0.3) is 0 Å². The lowest BCUT2D eigenvalue weighted by atomic mass is 10.4. The normalized spacial score (nSPS) is 9.31. The summed E-state index contributed by atoms with van der Waals surface area (Å²) >= 11 is 1.60. The molecular weight excluding hydrogens is 226 g/mol. The quantitative estimate of drug-likeness (QED) is 0.394. The van der Waals surface area contributed by atoms with Crippen molar-refractivity contribution in [2.45, 2.75) is 6.92 Å². The van der Waals surface area contributed by atoms with Gasteiger partial charge in [-0.05, 0) is 13.0 Å². The maximum Gasteiger partial charge on any atom is 0.333 e. The maximum atomic E-state index is 11.0. The van der Waals surface area contributed by atoms with Crippen molar-refractivity contribution in [2.75, 3.05) is 24.7 Å². The summed E-state index contributed by atoms with van der Waals surface area (Å²) < 4.78 is 4.89. The summed E-state index contributed by atoms with van der Waals surface area (Å²) in [5.41, 5.74) is 0.406. The number of thioether (sulfide) groups is 1. The fraction of sp³-hybridized carbons (Fsp3) is 0.455. The molecule has 0 aromatic heterocycles. The topological polar surface area (TPSA) is 55.4 Å². The van der Waals surface area contributed by atoms with E-state index in [1.807, 2.05) is 0 Å². The summed E-state index contributed by atoms with van der Waals surface area (Å²) in [6.45, 7) is 9.38. The molecule has 0 unspecified atom stereocenters. The molecule has 0 spiro atoms. The molecule has 5 heteroatoms. The third kappa shape index (κ3) is 8.11. The second-order valence-corrected chi connectivity index (χ2v) is 4.25. The Morgan fingerprint density at radius 3 is 2.69 bits per heavy atom. The minimum Gasteiger partial charge on any atom is -0.461 e. The van der Waals surface area contributed by atoms with Gasteiger partial charge in [-0.3, -0.25) is 4.79 Å². The van der Waals surface area contributed by atoms with Crippen LogP contribution in [0.5, 0.6) is 0 Å². The van der Waals surface area contributed by atoms with Gasteiger partial charge in [0.2, 0.25) is 5.91 Å². The Labute approximate surface area is 100 Å². The van der Waals surface area contributed by atoms with Gasteiger partial charge >= 0.3 is 5.97 Å². The molecule has 0 rings (SSSR count). The van der Waals surface area contributed by atoms with Gasteiger partial charge in [-0.1, -0.05) is 13.2 Å². The van der Waals surface area contributed by atoms with Crippen LogP contribution in [-0.4, -0.2) is 36.5 Å². The molecule has 0 aliphatic heterocycles. The maximum absolute atomic E-state index is 11.0. The third-order valence-corrected chi connectivity index (χ3v) is 2.49. The van der Waals surface area contributed by atoms with Crippen LogP contribution in [0.3, 0.4) is 0 Å². The van der Waals surface area contributed by atoms with Crippen molar-refractivity contribution in [3.63, 3.8) is 0 Å². The van der Waals surface area contributed by atoms with Gasteiger partial charge in [0, 0.05) is 23.6 Å². The first-order valence-corrected chi connectivity index (χ1v) is 6.04. The van der Waals surface area contributed by atoms with Crippen molar-refractivity contribution in [2.24, 2.45) is 0 Å². The molecule has 90 valence electrons. The lowest BCUT2D eigenvalue weighted by Gasteiger charge is -2.04. The molecule has 0 bridgehead atoms. The minimum absolute atomic E-state index is 0.172. The van der Waals surface area contributed by atoms with E-state index in [-0.39, 0.29) is 11.9 Å². The molecule has 0 aromatic rings. The van der Waals surface area contributed by atoms with E-state index in [4.69, 9.17) is 4.74 Å². The smallest absolute Gasteiger partial charge is 0.333 e. The van der Waals surface area contributed by atoms with Gasteiger partial charge in [0.25, 0.3) is 0 Å². The predicted octanol–water partition coefficient (Wildman–Crippen LogP) is 1.14. The van der Waals surface area contributed by atoms with E-state index in [9.17, 15) is 9.59 Å². The van der Waals surface area contributed by atoms with E-state index in [1.165, 1.54) is 6.08 Å². The Hall–Kier alpha value is -1.23. The highest BCUT2D eigenvalue weighted by atomic mass is 32.2. The van der Waals surface area contributed by atoms with E-state index < -0.39 is 0 Å². The molecule has 0 fully saturated rings. The number of nitrogens with one attached hydrogen (secondary N) is 1. The van der Waals surface area contributed by atoms with Crippen molar-refractivity contribution in [3.8, 4) is 0 Å². The summed E-state index contributed by atoms with van der Waals surface area (Å²) in [5, 5.41) is 2.65. The van der Waals surface area contributed by atoms with Gasteiger partial charge in [-0.15, -0.1) is 0 Å². The summed E-state index contributed by atoms with van der Waals surface area (Å²) in [7, 11) is 0. The van der Waals surface area contributed by atoms with Gasteiger partial charge < -0.3 is 10.1 Å². The van der Waals surface area contributed by atoms with Gasteiger partial charge in [-0.2, -0.15) is 11.8 Å². The summed E-state index contributed by atoms with van der Waals surface area (Å²) in [5.74, 6) is 0.961. The van der Waals surface area contributed by atoms with Gasteiger partial charge in [0.05, 0.1) is 0 Å². The van der Waals surface area contributed by atoms with Crippen molar-refractivity contribution >= 4 is 23.6 Å². The van der Waals surface area contributed by atoms with Crippen LogP contribution >= 0.6 is 11.8 Å². The second kappa shape index (κ2) is 9.03. The molecule has 0 heterocycles. The number of carbonyl (C=O) groups excluding carboxylic acids is 2. The highest BCUT2D eigenvalue weighted by molar-refractivity contribution is 7.99. The molecular formula is C11H17NO3S. The largest absolute Gasteiger partial charge is 0.461 e. The second-order valence-electron chi connectivity index (χ2n) is 3.02. The molecule has 0 aliphatic carbocycles. The van der Waals surface area contributed by atoms with Crippen molar-refractivity contribution < 1.29 is 14.3 Å². The van der Waals surface area contributed by atoms with E-state index in [1.54, 1.807) is 18.7 Å². The number of amides is 1. The lowest BCUT2D eigenvalue weighted by molar-refractivity contribution is -0.138. The first kappa shape index (κ1) is 14.8. The lowest BCUT2D eigenvalue weighted by Crippen LogP contribution is -2.23. The number of hydrogen-bond acceptors (Lipinski definition) is 4. The number of esters is 1. The number of hydrogen-bond donors (Lipinski definition) is 1. The van der Waals surface area contributed by atoms with Crippen LogP contribution in [0.2, 0.25) is 0 Å². The Morgan fingerprint density at radius 1 is 1.44 bits per heavy atom. The van der Waals surface area contributed by atoms with Crippen LogP contribution in [0.15, 0.2) is 24.8 Å². The van der Waals surface area contributed by atoms with Crippen molar-refractivity contribution in [1.29, 1.82) is 0 Å². The average molecular weight is 243 g/mol. The SMILES string of the molecule is C=CC(=O)NCCSCCOC(=O)C(=C)C. The fourth-order valence-electron chi connectivity index (χ4n) is 0.737. The molecule has 0 aromatic carbocycles. The first-order chi connectivity index (χ1) is 7.57. The van der Waals surface area contributed by atoms with E-state index in [0.29, 0.717) is 24.5 Å². The zero-order valence-electron chi connectivity index (χ0n) is 9.45. The van der Waals surface area contributed by atoms with Crippen LogP contribution in [0.4, 0.5) is 0 Å². The van der Waals surface area contributed by atoms with Crippen molar-refractivity contribution in [1.82, 2.24) is 5.32 Å². The van der Waals surface area contributed by atoms with Gasteiger partial charge in [0.1, 0.15) is 6.61 Å². The average Bonchev–Trinajstić information content (AvgIpc) is 2.26. The van der Waals surface area contributed by atoms with E-state index in [0.717, 1.165) is 5.75 Å².